The lowest BCUT2D eigenvalue weighted by Gasteiger charge is -2.36. The zero-order valence-corrected chi connectivity index (χ0v) is 16.8. The van der Waals surface area contributed by atoms with Gasteiger partial charge in [0.25, 0.3) is 0 Å². The average Bonchev–Trinajstić information content (AvgIpc) is 3.18. The molecule has 3 aliphatic rings. The van der Waals surface area contributed by atoms with Crippen LogP contribution in [0, 0.1) is 5.92 Å². The summed E-state index contributed by atoms with van der Waals surface area (Å²) in [4.78, 5) is 15.0. The fourth-order valence-electron chi connectivity index (χ4n) is 4.68. The number of carbonyl (C=O) groups is 1. The van der Waals surface area contributed by atoms with E-state index in [2.05, 4.69) is 0 Å². The zero-order chi connectivity index (χ0) is 19.3. The second kappa shape index (κ2) is 9.86. The first-order valence-corrected chi connectivity index (χ1v) is 11.6. The molecule has 0 aromatic heterocycles. The minimum Gasteiger partial charge on any atom is -0.368 e. The zero-order valence-electron chi connectivity index (χ0n) is 16.0. The average molecular weight is 408 g/mol. The van der Waals surface area contributed by atoms with Crippen molar-refractivity contribution in [3.8, 4) is 0 Å². The van der Waals surface area contributed by atoms with Crippen molar-refractivity contribution >= 4 is 17.7 Å². The summed E-state index contributed by atoms with van der Waals surface area (Å²) in [6.07, 6.45) is 4.86. The Morgan fingerprint density at radius 1 is 0.963 bits per heavy atom. The van der Waals surface area contributed by atoms with Crippen molar-refractivity contribution in [2.24, 2.45) is 5.92 Å². The number of amides is 1. The van der Waals surface area contributed by atoms with Gasteiger partial charge in [-0.25, -0.2) is 0 Å². The Hall–Kier alpha value is -0.430. The first kappa shape index (κ1) is 21.3. The number of hydrogen-bond donors (Lipinski definition) is 0. The number of hydrogen-bond acceptors (Lipinski definition) is 3. The summed E-state index contributed by atoms with van der Waals surface area (Å²) < 4.78 is 44.1. The largest absolute Gasteiger partial charge is 0.391 e. The van der Waals surface area contributed by atoms with Crippen LogP contribution in [0.3, 0.4) is 0 Å². The quantitative estimate of drug-likeness (QED) is 0.608. The van der Waals surface area contributed by atoms with Crippen LogP contribution in [0.5, 0.6) is 0 Å². The van der Waals surface area contributed by atoms with Gasteiger partial charge in [-0.15, -0.1) is 0 Å². The van der Waals surface area contributed by atoms with Gasteiger partial charge in [-0.1, -0.05) is 19.3 Å². The fraction of sp³-hybridized carbons (Fsp3) is 0.950. The van der Waals surface area contributed by atoms with Crippen LogP contribution in [-0.4, -0.2) is 53.3 Å². The molecule has 2 saturated carbocycles. The van der Waals surface area contributed by atoms with E-state index in [0.29, 0.717) is 24.1 Å². The number of thioether (sulfide) groups is 1. The molecule has 1 amide bonds. The van der Waals surface area contributed by atoms with Crippen LogP contribution in [0.4, 0.5) is 13.2 Å². The number of halogens is 3. The predicted molar refractivity (Wildman–Crippen MR) is 102 cm³/mol. The number of nitrogens with zero attached hydrogens (tertiary/aromatic N) is 1. The maximum Gasteiger partial charge on any atom is 0.391 e. The highest BCUT2D eigenvalue weighted by molar-refractivity contribution is 8.00. The van der Waals surface area contributed by atoms with Crippen molar-refractivity contribution in [1.82, 2.24) is 4.90 Å². The van der Waals surface area contributed by atoms with Crippen LogP contribution in [0.1, 0.15) is 70.6 Å². The van der Waals surface area contributed by atoms with Gasteiger partial charge in [0.1, 0.15) is 6.61 Å². The standard InChI is InChI=1S/C20H32F3NO2S/c21-20(22,23)15-8-10-17(11-9-15)26-14-19(25)24(13-18-7-4-12-27-18)16-5-2-1-3-6-16/h15-18H,1-14H2. The van der Waals surface area contributed by atoms with Gasteiger partial charge < -0.3 is 9.64 Å². The minimum absolute atomic E-state index is 0.0231. The van der Waals surface area contributed by atoms with Crippen molar-refractivity contribution in [3.05, 3.63) is 0 Å². The second-order valence-electron chi connectivity index (χ2n) is 8.30. The molecule has 1 heterocycles. The molecule has 3 nitrogen and oxygen atoms in total. The molecule has 3 rings (SSSR count). The molecule has 156 valence electrons. The van der Waals surface area contributed by atoms with Crippen LogP contribution < -0.4 is 0 Å². The molecule has 1 saturated heterocycles. The van der Waals surface area contributed by atoms with E-state index in [1.54, 1.807) is 0 Å². The summed E-state index contributed by atoms with van der Waals surface area (Å²) in [5.74, 6) is 0.00886. The fourth-order valence-corrected chi connectivity index (χ4v) is 5.95. The molecule has 1 aliphatic heterocycles. The highest BCUT2D eigenvalue weighted by atomic mass is 32.2. The number of alkyl halides is 3. The lowest BCUT2D eigenvalue weighted by molar-refractivity contribution is -0.188. The van der Waals surface area contributed by atoms with E-state index in [-0.39, 0.29) is 31.5 Å². The molecular formula is C20H32F3NO2S. The molecule has 3 fully saturated rings. The maximum atomic E-state index is 12.9. The van der Waals surface area contributed by atoms with Crippen molar-refractivity contribution in [2.45, 2.75) is 94.2 Å². The lowest BCUT2D eigenvalue weighted by atomic mass is 9.87. The highest BCUT2D eigenvalue weighted by Crippen LogP contribution is 2.38. The van der Waals surface area contributed by atoms with Crippen LogP contribution in [0.15, 0.2) is 0 Å². The van der Waals surface area contributed by atoms with Crippen LogP contribution in [0.25, 0.3) is 0 Å². The highest BCUT2D eigenvalue weighted by Gasteiger charge is 2.41. The second-order valence-corrected chi connectivity index (χ2v) is 9.71. The van der Waals surface area contributed by atoms with Gasteiger partial charge in [0.2, 0.25) is 5.91 Å². The first-order valence-electron chi connectivity index (χ1n) is 10.5. The minimum atomic E-state index is -4.10. The van der Waals surface area contributed by atoms with Crippen molar-refractivity contribution in [1.29, 1.82) is 0 Å². The lowest BCUT2D eigenvalue weighted by Crippen LogP contribution is -2.46. The summed E-state index contributed by atoms with van der Waals surface area (Å²) in [5.41, 5.74) is 0. The molecule has 0 radical (unpaired) electrons. The Balaban J connectivity index is 1.48. The molecule has 7 heteroatoms. The van der Waals surface area contributed by atoms with Crippen molar-refractivity contribution < 1.29 is 22.7 Å². The molecule has 1 unspecified atom stereocenters. The van der Waals surface area contributed by atoms with E-state index in [4.69, 9.17) is 4.74 Å². The Bertz CT molecular complexity index is 468. The molecule has 27 heavy (non-hydrogen) atoms. The number of carbonyl (C=O) groups excluding carboxylic acids is 1. The van der Waals surface area contributed by atoms with Gasteiger partial charge >= 0.3 is 6.18 Å². The molecule has 0 aromatic carbocycles. The van der Waals surface area contributed by atoms with E-state index in [0.717, 1.165) is 19.4 Å². The molecule has 0 bridgehead atoms. The molecule has 0 spiro atoms. The number of ether oxygens (including phenoxy) is 1. The number of rotatable bonds is 6. The van der Waals surface area contributed by atoms with E-state index < -0.39 is 12.1 Å². The van der Waals surface area contributed by atoms with Gasteiger partial charge in [0, 0.05) is 17.8 Å². The van der Waals surface area contributed by atoms with Crippen LogP contribution >= 0.6 is 11.8 Å². The SMILES string of the molecule is O=C(COC1CCC(C(F)(F)F)CC1)N(CC1CCCS1)C1CCCCC1. The van der Waals surface area contributed by atoms with E-state index >= 15 is 0 Å². The summed E-state index contributed by atoms with van der Waals surface area (Å²) >= 11 is 1.96. The molecule has 1 atom stereocenters. The third-order valence-corrected chi connectivity index (χ3v) is 7.72. The van der Waals surface area contributed by atoms with E-state index in [1.807, 2.05) is 16.7 Å². The topological polar surface area (TPSA) is 29.5 Å². The van der Waals surface area contributed by atoms with Crippen molar-refractivity contribution in [2.75, 3.05) is 18.9 Å². The predicted octanol–water partition coefficient (Wildman–Crippen LogP) is 5.18. The van der Waals surface area contributed by atoms with Gasteiger partial charge in [0.15, 0.2) is 0 Å². The summed E-state index contributed by atoms with van der Waals surface area (Å²) in [6.45, 7) is 0.827. The summed E-state index contributed by atoms with van der Waals surface area (Å²) in [7, 11) is 0. The smallest absolute Gasteiger partial charge is 0.368 e. The van der Waals surface area contributed by atoms with Crippen LogP contribution in [-0.2, 0) is 9.53 Å². The maximum absolute atomic E-state index is 12.9. The van der Waals surface area contributed by atoms with Crippen LogP contribution in [0.2, 0.25) is 0 Å². The Kier molecular flexibility index (Phi) is 7.77. The molecule has 2 aliphatic carbocycles. The van der Waals surface area contributed by atoms with E-state index in [9.17, 15) is 18.0 Å². The Morgan fingerprint density at radius 3 is 2.26 bits per heavy atom. The monoisotopic (exact) mass is 407 g/mol. The van der Waals surface area contributed by atoms with Gasteiger partial charge in [-0.2, -0.15) is 24.9 Å². The van der Waals surface area contributed by atoms with E-state index in [1.165, 1.54) is 37.9 Å². The molecule has 0 aromatic rings. The first-order chi connectivity index (χ1) is 12.9. The molecular weight excluding hydrogens is 375 g/mol. The third-order valence-electron chi connectivity index (χ3n) is 6.34. The van der Waals surface area contributed by atoms with Gasteiger partial charge in [0.05, 0.1) is 12.0 Å². The normalized spacial score (nSPS) is 30.4. The van der Waals surface area contributed by atoms with Gasteiger partial charge in [-0.3, -0.25) is 4.79 Å². The Morgan fingerprint density at radius 2 is 1.67 bits per heavy atom. The Labute approximate surface area is 164 Å². The van der Waals surface area contributed by atoms with Crippen molar-refractivity contribution in [3.63, 3.8) is 0 Å². The summed E-state index contributed by atoms with van der Waals surface area (Å²) in [5, 5.41) is 0.526. The molecule has 0 N–H and O–H groups in total. The van der Waals surface area contributed by atoms with Gasteiger partial charge in [-0.05, 0) is 57.1 Å². The third kappa shape index (κ3) is 6.28. The summed E-state index contributed by atoms with van der Waals surface area (Å²) in [6, 6.07) is 0.317.